The maximum absolute atomic E-state index is 13.3. The Bertz CT molecular complexity index is 1550. The molecule has 2 aliphatic rings. The molecule has 0 amide bonds. The number of rotatable bonds is 14. The number of nitro groups is 1. The molecule has 0 saturated carbocycles. The van der Waals surface area contributed by atoms with E-state index in [4.69, 9.17) is 4.74 Å². The highest BCUT2D eigenvalue weighted by Crippen LogP contribution is 2.58. The summed E-state index contributed by atoms with van der Waals surface area (Å²) in [6, 6.07) is 26.2. The molecule has 0 radical (unpaired) electrons. The summed E-state index contributed by atoms with van der Waals surface area (Å²) in [5.74, 6) is -3.55. The number of carboxylic acids is 2. The van der Waals surface area contributed by atoms with Gasteiger partial charge in [0, 0.05) is 54.8 Å². The lowest BCUT2D eigenvalue weighted by Crippen LogP contribution is -2.68. The first kappa shape index (κ1) is 36.2. The van der Waals surface area contributed by atoms with Crippen molar-refractivity contribution >= 4 is 17.6 Å². The number of piperidine rings is 2. The monoisotopic (exact) mass is 671 g/mol. The second-order valence-corrected chi connectivity index (χ2v) is 14.0. The Morgan fingerprint density at radius 2 is 1.41 bits per heavy atom. The summed E-state index contributed by atoms with van der Waals surface area (Å²) in [5.41, 5.74) is -0.705. The highest BCUT2D eigenvalue weighted by Gasteiger charge is 2.65. The molecule has 3 aromatic carbocycles. The van der Waals surface area contributed by atoms with E-state index in [-0.39, 0.29) is 23.1 Å². The van der Waals surface area contributed by atoms with Gasteiger partial charge in [0.15, 0.2) is 0 Å². The van der Waals surface area contributed by atoms with E-state index >= 15 is 0 Å². The third-order valence-electron chi connectivity index (χ3n) is 11.6. The Morgan fingerprint density at radius 3 is 1.96 bits per heavy atom. The van der Waals surface area contributed by atoms with Gasteiger partial charge in [0.25, 0.3) is 5.69 Å². The summed E-state index contributed by atoms with van der Waals surface area (Å²) in [5, 5.41) is 36.7. The lowest BCUT2D eigenvalue weighted by atomic mass is 9.51. The third kappa shape index (κ3) is 6.87. The molecule has 4 unspecified atom stereocenters. The quantitative estimate of drug-likeness (QED) is 0.0996. The number of nitro benzene ring substituents is 1. The van der Waals surface area contributed by atoms with Crippen LogP contribution in [0.5, 0.6) is 0 Å². The maximum Gasteiger partial charge on any atom is 0.311 e. The Balaban J connectivity index is 1.21. The Labute approximate surface area is 288 Å². The molecule has 0 aromatic heterocycles. The number of ether oxygens (including phenoxy) is 1. The minimum atomic E-state index is -1.63. The highest BCUT2D eigenvalue weighted by atomic mass is 16.6. The van der Waals surface area contributed by atoms with Gasteiger partial charge < -0.3 is 25.2 Å². The molecule has 2 aliphatic heterocycles. The molecule has 2 saturated heterocycles. The predicted molar refractivity (Wildman–Crippen MR) is 188 cm³/mol. The number of benzene rings is 3. The van der Waals surface area contributed by atoms with Crippen molar-refractivity contribution in [3.8, 4) is 0 Å². The van der Waals surface area contributed by atoms with Crippen LogP contribution in [0.15, 0.2) is 84.9 Å². The molecule has 3 aromatic rings. The van der Waals surface area contributed by atoms with Crippen LogP contribution >= 0.6 is 0 Å². The Hall–Kier alpha value is -4.12. The molecule has 0 spiro atoms. The normalized spacial score (nSPS) is 27.0. The van der Waals surface area contributed by atoms with Crippen LogP contribution in [-0.4, -0.2) is 76.9 Å². The molecule has 2 heterocycles. The smallest absolute Gasteiger partial charge is 0.311 e. The van der Waals surface area contributed by atoms with Gasteiger partial charge in [0.1, 0.15) is 0 Å². The molecule has 2 fully saturated rings. The Kier molecular flexibility index (Phi) is 11.2. The summed E-state index contributed by atoms with van der Waals surface area (Å²) >= 11 is 0. The maximum atomic E-state index is 13.3. The molecule has 49 heavy (non-hydrogen) atoms. The zero-order valence-corrected chi connectivity index (χ0v) is 28.7. The van der Waals surface area contributed by atoms with E-state index in [1.165, 1.54) is 36.2 Å². The van der Waals surface area contributed by atoms with Crippen LogP contribution < -0.4 is 5.32 Å². The molecule has 262 valence electrons. The van der Waals surface area contributed by atoms with Crippen molar-refractivity contribution < 1.29 is 29.5 Å². The standard InChI is InChI=1S/C39H49N3O7/c1-28-37(3,35(43)44)34(32-18-10-11-19-33(32)42(47)48)39(36(45)46,29(2)40-28)20-12-26-49-27-13-23-41-24-21-38(22-25-41,30-14-6-4-7-15-30)31-16-8-5-9-17-31/h4-11,14-19,28-29,34,40H,12-13,20-27H2,1-3H3,(H,43,44)(H,45,46)/t28-,29?,34?,37?,39?/m1/s1. The number of nitrogens with one attached hydrogen (secondary N) is 1. The van der Waals surface area contributed by atoms with Crippen molar-refractivity contribution in [3.05, 3.63) is 112 Å². The summed E-state index contributed by atoms with van der Waals surface area (Å²) in [7, 11) is 0. The van der Waals surface area contributed by atoms with Crippen LogP contribution in [0, 0.1) is 20.9 Å². The number of para-hydroxylation sites is 1. The van der Waals surface area contributed by atoms with E-state index in [1.54, 1.807) is 19.9 Å². The Morgan fingerprint density at radius 1 is 0.857 bits per heavy atom. The molecular formula is C39H49N3O7. The van der Waals surface area contributed by atoms with Crippen molar-refractivity contribution in [2.75, 3.05) is 32.8 Å². The van der Waals surface area contributed by atoms with Gasteiger partial charge in [0.2, 0.25) is 0 Å². The van der Waals surface area contributed by atoms with Crippen molar-refractivity contribution in [1.29, 1.82) is 0 Å². The van der Waals surface area contributed by atoms with Crippen LogP contribution in [0.4, 0.5) is 5.69 Å². The van der Waals surface area contributed by atoms with E-state index in [0.717, 1.165) is 38.9 Å². The minimum absolute atomic E-state index is 0.00667. The van der Waals surface area contributed by atoms with Gasteiger partial charge in [-0.3, -0.25) is 19.7 Å². The molecule has 5 atom stereocenters. The average molecular weight is 672 g/mol. The molecule has 10 heteroatoms. The number of hydrogen-bond donors (Lipinski definition) is 3. The predicted octanol–water partition coefficient (Wildman–Crippen LogP) is 6.49. The fraction of sp³-hybridized carbons (Fsp3) is 0.487. The van der Waals surface area contributed by atoms with Crippen molar-refractivity contribution in [1.82, 2.24) is 10.2 Å². The zero-order valence-electron chi connectivity index (χ0n) is 28.7. The molecule has 0 aliphatic carbocycles. The van der Waals surface area contributed by atoms with E-state index in [1.807, 2.05) is 0 Å². The van der Waals surface area contributed by atoms with E-state index in [0.29, 0.717) is 19.6 Å². The minimum Gasteiger partial charge on any atom is -0.481 e. The summed E-state index contributed by atoms with van der Waals surface area (Å²) in [4.78, 5) is 40.2. The number of likely N-dealkylation sites (tertiary alicyclic amines) is 1. The van der Waals surface area contributed by atoms with Crippen LogP contribution in [0.25, 0.3) is 0 Å². The van der Waals surface area contributed by atoms with Gasteiger partial charge in [0.05, 0.1) is 15.8 Å². The zero-order chi connectivity index (χ0) is 35.2. The third-order valence-corrected chi connectivity index (χ3v) is 11.6. The first-order chi connectivity index (χ1) is 23.5. The first-order valence-electron chi connectivity index (χ1n) is 17.4. The van der Waals surface area contributed by atoms with Crippen molar-refractivity contribution in [2.24, 2.45) is 10.8 Å². The van der Waals surface area contributed by atoms with Crippen LogP contribution in [-0.2, 0) is 19.7 Å². The topological polar surface area (TPSA) is 142 Å². The van der Waals surface area contributed by atoms with Gasteiger partial charge in [-0.1, -0.05) is 78.9 Å². The van der Waals surface area contributed by atoms with Crippen molar-refractivity contribution in [3.63, 3.8) is 0 Å². The number of carboxylic acid groups (broad SMARTS) is 2. The SMILES string of the molecule is CC1N[C@H](C)C(C)(C(=O)O)C(c2ccccc2[N+](=O)[O-])C1(CCCOCCCN1CCC(c2ccccc2)(c2ccccc2)CC1)C(=O)O. The van der Waals surface area contributed by atoms with Crippen molar-refractivity contribution in [2.45, 2.75) is 76.3 Å². The summed E-state index contributed by atoms with van der Waals surface area (Å²) < 4.78 is 6.01. The lowest BCUT2D eigenvalue weighted by Gasteiger charge is -2.56. The van der Waals surface area contributed by atoms with E-state index in [9.17, 15) is 29.9 Å². The van der Waals surface area contributed by atoms with Gasteiger partial charge in [-0.25, -0.2) is 0 Å². The van der Waals surface area contributed by atoms with Crippen LogP contribution in [0.1, 0.15) is 75.5 Å². The first-order valence-corrected chi connectivity index (χ1v) is 17.4. The number of nitrogens with zero attached hydrogens (tertiary/aromatic N) is 2. The van der Waals surface area contributed by atoms with Gasteiger partial charge in [-0.15, -0.1) is 0 Å². The fourth-order valence-corrected chi connectivity index (χ4v) is 8.69. The van der Waals surface area contributed by atoms with Gasteiger partial charge >= 0.3 is 11.9 Å². The summed E-state index contributed by atoms with van der Waals surface area (Å²) in [6.07, 6.45) is 3.34. The number of hydrogen-bond acceptors (Lipinski definition) is 7. The molecular weight excluding hydrogens is 622 g/mol. The largest absolute Gasteiger partial charge is 0.481 e. The van der Waals surface area contributed by atoms with Gasteiger partial charge in [-0.05, 0) is 77.1 Å². The lowest BCUT2D eigenvalue weighted by molar-refractivity contribution is -0.386. The molecule has 0 bridgehead atoms. The highest BCUT2D eigenvalue weighted by molar-refractivity contribution is 5.84. The van der Waals surface area contributed by atoms with Gasteiger partial charge in [-0.2, -0.15) is 0 Å². The second-order valence-electron chi connectivity index (χ2n) is 14.0. The second kappa shape index (κ2) is 15.2. The number of carbonyl (C=O) groups is 2. The molecule has 5 rings (SSSR count). The number of aliphatic carboxylic acids is 2. The molecule has 3 N–H and O–H groups in total. The molecule has 10 nitrogen and oxygen atoms in total. The van der Waals surface area contributed by atoms with E-state index in [2.05, 4.69) is 70.9 Å². The summed E-state index contributed by atoms with van der Waals surface area (Å²) in [6.45, 7) is 8.60. The fourth-order valence-electron chi connectivity index (χ4n) is 8.69. The van der Waals surface area contributed by atoms with Crippen LogP contribution in [0.3, 0.4) is 0 Å². The average Bonchev–Trinajstić information content (AvgIpc) is 3.10. The van der Waals surface area contributed by atoms with Crippen LogP contribution in [0.2, 0.25) is 0 Å². The van der Waals surface area contributed by atoms with E-state index < -0.39 is 45.7 Å².